The highest BCUT2D eigenvalue weighted by atomic mass is 32.2. The summed E-state index contributed by atoms with van der Waals surface area (Å²) >= 11 is 0.984. The summed E-state index contributed by atoms with van der Waals surface area (Å²) in [6.07, 6.45) is -4.43. The van der Waals surface area contributed by atoms with Gasteiger partial charge in [-0.3, -0.25) is 9.59 Å². The fourth-order valence-electron chi connectivity index (χ4n) is 2.22. The quantitative estimate of drug-likeness (QED) is 0.701. The summed E-state index contributed by atoms with van der Waals surface area (Å²) in [7, 11) is 2.97. The third-order valence-electron chi connectivity index (χ3n) is 3.68. The summed E-state index contributed by atoms with van der Waals surface area (Å²) in [6.45, 7) is -0.181. The molecule has 0 spiro atoms. The number of anilines is 1. The van der Waals surface area contributed by atoms with E-state index in [1.165, 1.54) is 31.2 Å². The summed E-state index contributed by atoms with van der Waals surface area (Å²) < 4.78 is 43.3. The molecule has 0 aliphatic heterocycles. The van der Waals surface area contributed by atoms with Crippen LogP contribution in [-0.2, 0) is 15.8 Å². The van der Waals surface area contributed by atoms with E-state index in [4.69, 9.17) is 4.74 Å². The van der Waals surface area contributed by atoms with Gasteiger partial charge in [-0.05, 0) is 30.3 Å². The van der Waals surface area contributed by atoms with E-state index in [9.17, 15) is 22.8 Å². The Kier molecular flexibility index (Phi) is 7.33. The highest BCUT2D eigenvalue weighted by Gasteiger charge is 2.30. The van der Waals surface area contributed by atoms with Gasteiger partial charge in [0.1, 0.15) is 5.75 Å². The number of benzene rings is 2. The largest absolute Gasteiger partial charge is 0.497 e. The Morgan fingerprint density at radius 2 is 1.86 bits per heavy atom. The zero-order valence-corrected chi connectivity index (χ0v) is 16.1. The Morgan fingerprint density at radius 3 is 2.54 bits per heavy atom. The van der Waals surface area contributed by atoms with Crippen molar-refractivity contribution in [1.82, 2.24) is 4.90 Å². The van der Waals surface area contributed by atoms with Crippen LogP contribution in [0.3, 0.4) is 0 Å². The molecule has 9 heteroatoms. The summed E-state index contributed by atoms with van der Waals surface area (Å²) in [6, 6.07) is 11.5. The van der Waals surface area contributed by atoms with Gasteiger partial charge in [0.15, 0.2) is 0 Å². The number of nitrogens with zero attached hydrogens (tertiary/aromatic N) is 1. The van der Waals surface area contributed by atoms with Crippen molar-refractivity contribution in [1.29, 1.82) is 0 Å². The average Bonchev–Trinajstić information content (AvgIpc) is 2.65. The number of hydrogen-bond acceptors (Lipinski definition) is 4. The highest BCUT2D eigenvalue weighted by molar-refractivity contribution is 8.00. The smallest absolute Gasteiger partial charge is 0.416 e. The molecule has 2 amide bonds. The molecule has 2 rings (SSSR count). The van der Waals surface area contributed by atoms with Crippen molar-refractivity contribution in [2.75, 3.05) is 31.8 Å². The number of halogens is 3. The number of methoxy groups -OCH3 is 1. The second kappa shape index (κ2) is 9.50. The van der Waals surface area contributed by atoms with Crippen LogP contribution in [0.1, 0.15) is 5.56 Å². The van der Waals surface area contributed by atoms with Gasteiger partial charge in [-0.2, -0.15) is 13.2 Å². The second-order valence-corrected chi connectivity index (χ2v) is 6.89. The molecule has 0 atom stereocenters. The van der Waals surface area contributed by atoms with Crippen LogP contribution >= 0.6 is 11.8 Å². The maximum atomic E-state index is 12.7. The summed E-state index contributed by atoms with van der Waals surface area (Å²) in [5, 5.41) is 2.66. The van der Waals surface area contributed by atoms with Gasteiger partial charge in [0.05, 0.1) is 25.0 Å². The molecule has 1 N–H and O–H groups in total. The topological polar surface area (TPSA) is 58.6 Å². The predicted molar refractivity (Wildman–Crippen MR) is 101 cm³/mol. The Labute approximate surface area is 164 Å². The van der Waals surface area contributed by atoms with E-state index in [0.717, 1.165) is 23.9 Å². The lowest BCUT2D eigenvalue weighted by Crippen LogP contribution is -2.35. The Balaban J connectivity index is 1.86. The molecule has 0 aliphatic carbocycles. The monoisotopic (exact) mass is 412 g/mol. The van der Waals surface area contributed by atoms with E-state index < -0.39 is 17.6 Å². The van der Waals surface area contributed by atoms with Crippen molar-refractivity contribution in [3.05, 3.63) is 54.1 Å². The number of hydrogen-bond donors (Lipinski definition) is 1. The molecule has 2 aromatic carbocycles. The molecule has 0 unspecified atom stereocenters. The van der Waals surface area contributed by atoms with E-state index in [-0.39, 0.29) is 18.2 Å². The van der Waals surface area contributed by atoms with Crippen LogP contribution in [0.4, 0.5) is 18.9 Å². The molecule has 150 valence electrons. The lowest BCUT2D eigenvalue weighted by Gasteiger charge is -2.17. The number of nitrogens with one attached hydrogen (secondary N) is 1. The van der Waals surface area contributed by atoms with Crippen LogP contribution in [0.15, 0.2) is 53.4 Å². The van der Waals surface area contributed by atoms with Crippen molar-refractivity contribution in [3.63, 3.8) is 0 Å². The van der Waals surface area contributed by atoms with Crippen LogP contribution in [0.25, 0.3) is 0 Å². The molecule has 0 saturated carbocycles. The van der Waals surface area contributed by atoms with Crippen LogP contribution in [-0.4, -0.2) is 43.2 Å². The number of ether oxygens (including phenoxy) is 1. The van der Waals surface area contributed by atoms with Gasteiger partial charge in [0.25, 0.3) is 0 Å². The van der Waals surface area contributed by atoms with Crippen LogP contribution in [0.5, 0.6) is 5.75 Å². The van der Waals surface area contributed by atoms with Gasteiger partial charge in [-0.25, -0.2) is 0 Å². The molecule has 0 saturated heterocycles. The standard InChI is InChI=1S/C19H19F3N2O3S/c1-24(11-17(25)23-14-6-4-7-15(10-14)27-2)18(26)12-28-16-8-3-5-13(9-16)19(20,21)22/h3-10H,11-12H2,1-2H3,(H,23,25). The summed E-state index contributed by atoms with van der Waals surface area (Å²) in [5.41, 5.74) is -0.237. The van der Waals surface area contributed by atoms with Crippen molar-refractivity contribution < 1.29 is 27.5 Å². The van der Waals surface area contributed by atoms with Crippen LogP contribution < -0.4 is 10.1 Å². The van der Waals surface area contributed by atoms with Gasteiger partial charge in [0.2, 0.25) is 11.8 Å². The third-order valence-corrected chi connectivity index (χ3v) is 4.66. The highest BCUT2D eigenvalue weighted by Crippen LogP contribution is 2.31. The average molecular weight is 412 g/mol. The molecular weight excluding hydrogens is 393 g/mol. The predicted octanol–water partition coefficient (Wildman–Crippen LogP) is 3.90. The lowest BCUT2D eigenvalue weighted by atomic mass is 10.2. The van der Waals surface area contributed by atoms with Crippen molar-refractivity contribution >= 4 is 29.3 Å². The van der Waals surface area contributed by atoms with Gasteiger partial charge in [0, 0.05) is 23.7 Å². The maximum absolute atomic E-state index is 12.7. The van der Waals surface area contributed by atoms with Crippen LogP contribution in [0, 0.1) is 0 Å². The number of likely N-dealkylation sites (N-methyl/N-ethyl adjacent to an activating group) is 1. The number of alkyl halides is 3. The molecule has 0 aliphatic rings. The number of rotatable bonds is 7. The van der Waals surface area contributed by atoms with E-state index in [1.807, 2.05) is 0 Å². The van der Waals surface area contributed by atoms with E-state index in [1.54, 1.807) is 24.3 Å². The lowest BCUT2D eigenvalue weighted by molar-refractivity contribution is -0.137. The van der Waals surface area contributed by atoms with Gasteiger partial charge in [-0.1, -0.05) is 12.1 Å². The minimum Gasteiger partial charge on any atom is -0.497 e. The maximum Gasteiger partial charge on any atom is 0.416 e. The van der Waals surface area contributed by atoms with Crippen molar-refractivity contribution in [2.45, 2.75) is 11.1 Å². The van der Waals surface area contributed by atoms with Crippen LogP contribution in [0.2, 0.25) is 0 Å². The SMILES string of the molecule is COc1cccc(NC(=O)CN(C)C(=O)CSc2cccc(C(F)(F)F)c2)c1. The molecule has 0 heterocycles. The second-order valence-electron chi connectivity index (χ2n) is 5.84. The Morgan fingerprint density at radius 1 is 1.14 bits per heavy atom. The summed E-state index contributed by atoms with van der Waals surface area (Å²) in [4.78, 5) is 25.8. The molecule has 0 bridgehead atoms. The number of amides is 2. The minimum absolute atomic E-state index is 0.0791. The first kappa shape index (κ1) is 21.6. The molecule has 0 aromatic heterocycles. The Bertz CT molecular complexity index is 843. The zero-order valence-electron chi connectivity index (χ0n) is 15.2. The molecule has 0 radical (unpaired) electrons. The van der Waals surface area contributed by atoms with Crippen molar-refractivity contribution in [3.8, 4) is 5.75 Å². The summed E-state index contributed by atoms with van der Waals surface area (Å²) in [5.74, 6) is -0.263. The fourth-order valence-corrected chi connectivity index (χ4v) is 3.12. The van der Waals surface area contributed by atoms with Gasteiger partial charge < -0.3 is 15.0 Å². The molecule has 2 aromatic rings. The first-order valence-electron chi connectivity index (χ1n) is 8.17. The van der Waals surface area contributed by atoms with Crippen molar-refractivity contribution in [2.24, 2.45) is 0 Å². The normalized spacial score (nSPS) is 11.0. The number of carbonyl (C=O) groups is 2. The van der Waals surface area contributed by atoms with E-state index >= 15 is 0 Å². The first-order valence-corrected chi connectivity index (χ1v) is 9.15. The fraction of sp³-hybridized carbons (Fsp3) is 0.263. The van der Waals surface area contributed by atoms with Gasteiger partial charge in [-0.15, -0.1) is 11.8 Å². The molecule has 0 fully saturated rings. The Hall–Kier alpha value is -2.68. The van der Waals surface area contributed by atoms with E-state index in [2.05, 4.69) is 5.32 Å². The minimum atomic E-state index is -4.43. The zero-order chi connectivity index (χ0) is 20.7. The number of carbonyl (C=O) groups excluding carboxylic acids is 2. The first-order chi connectivity index (χ1) is 13.2. The molecule has 28 heavy (non-hydrogen) atoms. The van der Waals surface area contributed by atoms with Gasteiger partial charge >= 0.3 is 6.18 Å². The molecular formula is C19H19F3N2O3S. The van der Waals surface area contributed by atoms with E-state index in [0.29, 0.717) is 16.3 Å². The number of thioether (sulfide) groups is 1. The molecule has 5 nitrogen and oxygen atoms in total. The third kappa shape index (κ3) is 6.49.